The maximum atomic E-state index is 11.5. The van der Waals surface area contributed by atoms with E-state index < -0.39 is 4.92 Å². The van der Waals surface area contributed by atoms with Crippen LogP contribution in [0.5, 0.6) is 5.75 Å². The number of hydrogen-bond donors (Lipinski definition) is 1. The van der Waals surface area contributed by atoms with Gasteiger partial charge in [0.05, 0.1) is 56.0 Å². The Balaban J connectivity index is 1.65. The Morgan fingerprint density at radius 2 is 2.26 bits per heavy atom. The van der Waals surface area contributed by atoms with Gasteiger partial charge in [0.1, 0.15) is 5.75 Å². The van der Waals surface area contributed by atoms with E-state index in [0.29, 0.717) is 29.7 Å². The van der Waals surface area contributed by atoms with E-state index in [1.54, 1.807) is 31.7 Å². The zero-order valence-corrected chi connectivity index (χ0v) is 17.7. The second kappa shape index (κ2) is 10.3. The molecule has 31 heavy (non-hydrogen) atoms. The molecule has 1 N–H and O–H groups in total. The molecule has 0 saturated carbocycles. The van der Waals surface area contributed by atoms with Gasteiger partial charge in [0.15, 0.2) is 0 Å². The Bertz CT molecular complexity index is 1090. The Kier molecular flexibility index (Phi) is 7.27. The van der Waals surface area contributed by atoms with Crippen molar-refractivity contribution in [3.8, 4) is 5.75 Å². The molecular weight excluding hydrogens is 424 g/mol. The number of methoxy groups -OCH3 is 1. The molecule has 162 valence electrons. The third kappa shape index (κ3) is 6.09. The number of thiazole rings is 1. The van der Waals surface area contributed by atoms with Crippen molar-refractivity contribution in [3.63, 3.8) is 0 Å². The molecule has 0 bridgehead atoms. The summed E-state index contributed by atoms with van der Waals surface area (Å²) in [5, 5.41) is 21.2. The molecule has 0 saturated heterocycles. The zero-order valence-electron chi connectivity index (χ0n) is 16.8. The minimum absolute atomic E-state index is 0.114. The molecule has 0 fully saturated rings. The van der Waals surface area contributed by atoms with Crippen LogP contribution in [0.2, 0.25) is 0 Å². The van der Waals surface area contributed by atoms with Crippen LogP contribution in [0, 0.1) is 10.1 Å². The molecule has 3 rings (SSSR count). The summed E-state index contributed by atoms with van der Waals surface area (Å²) in [5.41, 5.74) is 5.02. The van der Waals surface area contributed by atoms with Crippen molar-refractivity contribution in [2.75, 3.05) is 19.1 Å². The van der Waals surface area contributed by atoms with E-state index in [4.69, 9.17) is 9.47 Å². The first-order chi connectivity index (χ1) is 15.0. The number of esters is 1. The van der Waals surface area contributed by atoms with Gasteiger partial charge in [0.25, 0.3) is 0 Å². The van der Waals surface area contributed by atoms with E-state index in [-0.39, 0.29) is 18.2 Å². The summed E-state index contributed by atoms with van der Waals surface area (Å²) in [6.07, 6.45) is 3.26. The molecule has 0 unspecified atom stereocenters. The molecule has 11 nitrogen and oxygen atoms in total. The van der Waals surface area contributed by atoms with Crippen LogP contribution in [-0.2, 0) is 22.5 Å². The predicted molar refractivity (Wildman–Crippen MR) is 115 cm³/mol. The minimum atomic E-state index is -0.542. The van der Waals surface area contributed by atoms with Crippen molar-refractivity contribution >= 4 is 34.5 Å². The lowest BCUT2D eigenvalue weighted by molar-refractivity contribution is -0.389. The molecule has 1 aromatic carbocycles. The van der Waals surface area contributed by atoms with Crippen molar-refractivity contribution in [1.82, 2.24) is 14.8 Å². The highest BCUT2D eigenvalue weighted by molar-refractivity contribution is 7.13. The van der Waals surface area contributed by atoms with Gasteiger partial charge >= 0.3 is 11.8 Å². The first kappa shape index (κ1) is 21.9. The van der Waals surface area contributed by atoms with Crippen molar-refractivity contribution in [1.29, 1.82) is 0 Å². The maximum Gasteiger partial charge on any atom is 0.389 e. The van der Waals surface area contributed by atoms with Gasteiger partial charge in [-0.2, -0.15) is 9.78 Å². The molecule has 0 aliphatic heterocycles. The highest BCUT2D eigenvalue weighted by Crippen LogP contribution is 2.21. The molecule has 0 aliphatic carbocycles. The van der Waals surface area contributed by atoms with Crippen LogP contribution in [0.4, 0.5) is 10.9 Å². The molecule has 0 amide bonds. The van der Waals surface area contributed by atoms with Crippen molar-refractivity contribution in [2.24, 2.45) is 5.10 Å². The van der Waals surface area contributed by atoms with E-state index in [1.807, 2.05) is 12.1 Å². The monoisotopic (exact) mass is 444 g/mol. The molecule has 2 heterocycles. The Labute approximate surface area is 181 Å². The maximum absolute atomic E-state index is 11.5. The van der Waals surface area contributed by atoms with Crippen LogP contribution in [0.3, 0.4) is 0 Å². The lowest BCUT2D eigenvalue weighted by atomic mass is 10.1. The second-order valence-corrected chi connectivity index (χ2v) is 7.05. The fraction of sp³-hybridized carbons (Fsp3) is 0.263. The summed E-state index contributed by atoms with van der Waals surface area (Å²) in [6.45, 7) is 2.39. The summed E-state index contributed by atoms with van der Waals surface area (Å²) in [6, 6.07) is 6.81. The van der Waals surface area contributed by atoms with Gasteiger partial charge in [-0.05, 0) is 35.6 Å². The van der Waals surface area contributed by atoms with Gasteiger partial charge in [0, 0.05) is 10.9 Å². The second-order valence-electron chi connectivity index (χ2n) is 6.20. The van der Waals surface area contributed by atoms with Gasteiger partial charge in [-0.15, -0.1) is 11.3 Å². The summed E-state index contributed by atoms with van der Waals surface area (Å²) in [7, 11) is 1.55. The van der Waals surface area contributed by atoms with Crippen molar-refractivity contribution < 1.29 is 19.2 Å². The average molecular weight is 444 g/mol. The fourth-order valence-corrected chi connectivity index (χ4v) is 3.33. The molecule has 0 radical (unpaired) electrons. The quantitative estimate of drug-likeness (QED) is 0.218. The van der Waals surface area contributed by atoms with Crippen LogP contribution in [0.15, 0.2) is 40.9 Å². The van der Waals surface area contributed by atoms with Crippen LogP contribution >= 0.6 is 11.3 Å². The number of nitrogens with one attached hydrogen (secondary N) is 1. The summed E-state index contributed by atoms with van der Waals surface area (Å²) in [4.78, 5) is 26.1. The van der Waals surface area contributed by atoms with Crippen LogP contribution < -0.4 is 10.2 Å². The number of carbonyl (C=O) groups excluding carboxylic acids is 1. The third-order valence-corrected chi connectivity index (χ3v) is 4.80. The van der Waals surface area contributed by atoms with E-state index in [1.165, 1.54) is 28.3 Å². The molecule has 0 atom stereocenters. The number of hydrazone groups is 1. The van der Waals surface area contributed by atoms with Crippen molar-refractivity contribution in [2.45, 2.75) is 19.9 Å². The molecule has 0 aliphatic rings. The molecular formula is C19H20N6O5S. The standard InChI is InChI=1S/C19H20N6O5S/c1-3-30-18(26)9-15-12-31-19(21-15)22-20-10-13-4-5-16(29-2)14(8-13)11-24-7-6-17(23-24)25(27)28/h4-8,10,12H,3,9,11H2,1-2H3,(H,21,22). The van der Waals surface area contributed by atoms with E-state index >= 15 is 0 Å². The lowest BCUT2D eigenvalue weighted by Gasteiger charge is -2.08. The minimum Gasteiger partial charge on any atom is -0.496 e. The summed E-state index contributed by atoms with van der Waals surface area (Å²) in [5.74, 6) is 0.0922. The van der Waals surface area contributed by atoms with Gasteiger partial charge in [-0.1, -0.05) is 0 Å². The van der Waals surface area contributed by atoms with E-state index in [9.17, 15) is 14.9 Å². The SMILES string of the molecule is CCOC(=O)Cc1csc(NN=Cc2ccc(OC)c(Cn3ccc([N+](=O)[O-])n3)c2)n1. The highest BCUT2D eigenvalue weighted by atomic mass is 32.1. The highest BCUT2D eigenvalue weighted by Gasteiger charge is 2.13. The lowest BCUT2D eigenvalue weighted by Crippen LogP contribution is -2.07. The molecule has 12 heteroatoms. The van der Waals surface area contributed by atoms with Crippen LogP contribution in [-0.4, -0.2) is 45.6 Å². The van der Waals surface area contributed by atoms with Gasteiger partial charge in [-0.3, -0.25) is 10.2 Å². The topological polar surface area (TPSA) is 134 Å². The number of rotatable bonds is 10. The third-order valence-electron chi connectivity index (χ3n) is 4.01. The van der Waals surface area contributed by atoms with Crippen LogP contribution in [0.1, 0.15) is 23.7 Å². The summed E-state index contributed by atoms with van der Waals surface area (Å²) < 4.78 is 11.7. The number of aromatic nitrogens is 3. The molecule has 3 aromatic rings. The normalized spacial score (nSPS) is 10.9. The van der Waals surface area contributed by atoms with E-state index in [2.05, 4.69) is 20.6 Å². The molecule has 0 spiro atoms. The Morgan fingerprint density at radius 3 is 2.97 bits per heavy atom. The summed E-state index contributed by atoms with van der Waals surface area (Å²) >= 11 is 1.33. The fourth-order valence-electron chi connectivity index (χ4n) is 2.67. The van der Waals surface area contributed by atoms with Crippen molar-refractivity contribution in [3.05, 3.63) is 62.8 Å². The average Bonchev–Trinajstić information content (AvgIpc) is 3.38. The zero-order chi connectivity index (χ0) is 22.2. The number of hydrogen-bond acceptors (Lipinski definition) is 10. The van der Waals surface area contributed by atoms with E-state index in [0.717, 1.165) is 11.1 Å². The number of ether oxygens (including phenoxy) is 2. The number of nitro groups is 1. The largest absolute Gasteiger partial charge is 0.496 e. The first-order valence-corrected chi connectivity index (χ1v) is 10.1. The van der Waals surface area contributed by atoms with Gasteiger partial charge in [-0.25, -0.2) is 4.98 Å². The number of anilines is 1. The molecule has 2 aromatic heterocycles. The first-order valence-electron chi connectivity index (χ1n) is 9.22. The van der Waals surface area contributed by atoms with Crippen LogP contribution in [0.25, 0.3) is 0 Å². The number of carbonyl (C=O) groups is 1. The van der Waals surface area contributed by atoms with Gasteiger partial charge in [0.2, 0.25) is 5.13 Å². The number of benzene rings is 1. The predicted octanol–water partition coefficient (Wildman–Crippen LogP) is 2.86. The van der Waals surface area contributed by atoms with Gasteiger partial charge < -0.3 is 19.6 Å². The number of nitrogens with zero attached hydrogens (tertiary/aromatic N) is 5. The Morgan fingerprint density at radius 1 is 1.42 bits per heavy atom. The smallest absolute Gasteiger partial charge is 0.389 e. The Hall–Kier alpha value is -3.80.